The lowest BCUT2D eigenvalue weighted by Gasteiger charge is -2.26. The fraction of sp³-hybridized carbons (Fsp3) is 0.429. The third kappa shape index (κ3) is 8.40. The molecule has 1 aromatic heterocycles. The minimum absolute atomic E-state index is 0.225. The van der Waals surface area contributed by atoms with E-state index < -0.39 is 0 Å². The Hall–Kier alpha value is -2.81. The zero-order valence-corrected chi connectivity index (χ0v) is 23.4. The molecule has 36 heavy (non-hydrogen) atoms. The number of methoxy groups -OCH3 is 1. The van der Waals surface area contributed by atoms with E-state index in [1.165, 1.54) is 16.1 Å². The molecule has 0 atom stereocenters. The fourth-order valence-corrected chi connectivity index (χ4v) is 4.38. The highest BCUT2D eigenvalue weighted by molar-refractivity contribution is 7.97. The Morgan fingerprint density at radius 1 is 1.14 bits per heavy atom. The number of aromatic nitrogens is 2. The molecule has 2 aromatic carbocycles. The second kappa shape index (κ2) is 15.3. The van der Waals surface area contributed by atoms with Crippen LogP contribution in [-0.2, 0) is 4.74 Å². The fourth-order valence-electron chi connectivity index (χ4n) is 3.38. The van der Waals surface area contributed by atoms with Gasteiger partial charge in [0, 0.05) is 48.5 Å². The molecular formula is C28H40N4O3S. The van der Waals surface area contributed by atoms with Gasteiger partial charge in [-0.2, -0.15) is 5.10 Å². The molecule has 0 spiro atoms. The summed E-state index contributed by atoms with van der Waals surface area (Å²) in [5, 5.41) is 7.63. The van der Waals surface area contributed by atoms with Crippen molar-refractivity contribution < 1.29 is 14.3 Å². The molecule has 1 aliphatic rings. The van der Waals surface area contributed by atoms with E-state index in [1.54, 1.807) is 18.0 Å². The van der Waals surface area contributed by atoms with Gasteiger partial charge < -0.3 is 14.8 Å². The van der Waals surface area contributed by atoms with E-state index in [9.17, 15) is 4.79 Å². The molecule has 4 rings (SSSR count). The Morgan fingerprint density at radius 3 is 2.47 bits per heavy atom. The number of benzene rings is 2. The van der Waals surface area contributed by atoms with Gasteiger partial charge in [0.25, 0.3) is 0 Å². The Bertz CT molecular complexity index is 1080. The van der Waals surface area contributed by atoms with E-state index >= 15 is 0 Å². The van der Waals surface area contributed by atoms with Gasteiger partial charge in [0.15, 0.2) is 6.29 Å². The molecule has 0 radical (unpaired) electrons. The van der Waals surface area contributed by atoms with Gasteiger partial charge in [-0.15, -0.1) is 0 Å². The molecule has 1 fully saturated rings. The van der Waals surface area contributed by atoms with Crippen LogP contribution in [0.2, 0.25) is 0 Å². The summed E-state index contributed by atoms with van der Waals surface area (Å²) < 4.78 is 14.7. The first-order valence-corrected chi connectivity index (χ1v) is 13.2. The Morgan fingerprint density at radius 2 is 1.86 bits per heavy atom. The van der Waals surface area contributed by atoms with Crippen molar-refractivity contribution >= 4 is 23.9 Å². The third-order valence-electron chi connectivity index (χ3n) is 5.43. The van der Waals surface area contributed by atoms with Gasteiger partial charge in [0.2, 0.25) is 0 Å². The first-order chi connectivity index (χ1) is 17.4. The van der Waals surface area contributed by atoms with Crippen molar-refractivity contribution in [1.82, 2.24) is 14.1 Å². The Labute approximate surface area is 220 Å². The quantitative estimate of drug-likeness (QED) is 0.292. The molecule has 2 heterocycles. The average molecular weight is 513 g/mol. The van der Waals surface area contributed by atoms with Gasteiger partial charge in [-0.25, -0.2) is 4.31 Å². The van der Waals surface area contributed by atoms with Crippen molar-refractivity contribution in [2.24, 2.45) is 0 Å². The monoisotopic (exact) mass is 512 g/mol. The summed E-state index contributed by atoms with van der Waals surface area (Å²) in [7, 11) is 3.57. The van der Waals surface area contributed by atoms with Crippen LogP contribution in [0.5, 0.6) is 5.75 Å². The maximum Gasteiger partial charge on any atom is 0.153 e. The summed E-state index contributed by atoms with van der Waals surface area (Å²) in [5.74, 6) is 0.753. The van der Waals surface area contributed by atoms with Gasteiger partial charge >= 0.3 is 0 Å². The van der Waals surface area contributed by atoms with Crippen molar-refractivity contribution in [3.05, 3.63) is 59.8 Å². The van der Waals surface area contributed by atoms with E-state index in [4.69, 9.17) is 9.47 Å². The first kappa shape index (κ1) is 29.4. The molecule has 0 bridgehead atoms. The number of nitrogens with zero attached hydrogens (tertiary/aromatic N) is 3. The number of aryl methyl sites for hydroxylation is 1. The number of carbonyl (C=O) groups is 1. The van der Waals surface area contributed by atoms with E-state index in [-0.39, 0.29) is 6.04 Å². The van der Waals surface area contributed by atoms with Gasteiger partial charge in [-0.3, -0.25) is 9.48 Å². The van der Waals surface area contributed by atoms with Gasteiger partial charge in [-0.1, -0.05) is 32.0 Å². The third-order valence-corrected chi connectivity index (χ3v) is 6.69. The van der Waals surface area contributed by atoms with Crippen molar-refractivity contribution in [1.29, 1.82) is 0 Å². The Balaban J connectivity index is 0.000000239. The molecule has 7 nitrogen and oxygen atoms in total. The van der Waals surface area contributed by atoms with Crippen LogP contribution in [-0.4, -0.2) is 60.8 Å². The van der Waals surface area contributed by atoms with Crippen LogP contribution in [0.4, 0.5) is 5.69 Å². The number of aldehydes is 1. The van der Waals surface area contributed by atoms with Crippen molar-refractivity contribution in [2.45, 2.75) is 45.6 Å². The molecule has 0 unspecified atom stereocenters. The van der Waals surface area contributed by atoms with Gasteiger partial charge in [-0.05, 0) is 62.5 Å². The van der Waals surface area contributed by atoms with Crippen LogP contribution in [0.1, 0.15) is 49.7 Å². The summed E-state index contributed by atoms with van der Waals surface area (Å²) in [6.07, 6.45) is 2.60. The number of morpholine rings is 1. The first-order valence-electron chi connectivity index (χ1n) is 12.4. The highest BCUT2D eigenvalue weighted by Gasteiger charge is 2.14. The summed E-state index contributed by atoms with van der Waals surface area (Å²) in [6.45, 7) is 13.9. The minimum Gasteiger partial charge on any atom is -0.497 e. The lowest BCUT2D eigenvalue weighted by Crippen LogP contribution is -2.30. The zero-order chi connectivity index (χ0) is 26.5. The molecule has 8 heteroatoms. The lowest BCUT2D eigenvalue weighted by atomic mass is 10.1. The molecule has 0 amide bonds. The van der Waals surface area contributed by atoms with Crippen LogP contribution in [0.25, 0.3) is 11.3 Å². The molecule has 1 aliphatic heterocycles. The summed E-state index contributed by atoms with van der Waals surface area (Å²) in [5.41, 5.74) is 4.67. The van der Waals surface area contributed by atoms with E-state index in [2.05, 4.69) is 39.8 Å². The predicted molar refractivity (Wildman–Crippen MR) is 150 cm³/mol. The van der Waals surface area contributed by atoms with Crippen LogP contribution in [0, 0.1) is 6.92 Å². The van der Waals surface area contributed by atoms with Crippen LogP contribution < -0.4 is 10.1 Å². The molecule has 0 saturated carbocycles. The predicted octanol–water partition coefficient (Wildman–Crippen LogP) is 6.35. The van der Waals surface area contributed by atoms with Crippen molar-refractivity contribution in [2.75, 3.05) is 45.8 Å². The second-order valence-corrected chi connectivity index (χ2v) is 9.36. The van der Waals surface area contributed by atoms with E-state index in [1.807, 2.05) is 71.0 Å². The van der Waals surface area contributed by atoms with Crippen LogP contribution >= 0.6 is 11.9 Å². The number of nitrogens with one attached hydrogen (secondary N) is 1. The molecular weight excluding hydrogens is 472 g/mol. The molecule has 1 saturated heterocycles. The van der Waals surface area contributed by atoms with Crippen LogP contribution in [0.3, 0.4) is 0 Å². The highest BCUT2D eigenvalue weighted by Crippen LogP contribution is 2.29. The number of hydrogen-bond donors (Lipinski definition) is 1. The van der Waals surface area contributed by atoms with Crippen LogP contribution in [0.15, 0.2) is 53.6 Å². The summed E-state index contributed by atoms with van der Waals surface area (Å²) >= 11 is 1.83. The molecule has 3 aromatic rings. The van der Waals surface area contributed by atoms with Gasteiger partial charge in [0.1, 0.15) is 11.4 Å². The largest absolute Gasteiger partial charge is 0.497 e. The molecule has 0 aliphatic carbocycles. The average Bonchev–Trinajstić information content (AvgIpc) is 3.37. The maximum absolute atomic E-state index is 11.1. The van der Waals surface area contributed by atoms with E-state index in [0.29, 0.717) is 11.3 Å². The number of anilines is 1. The highest BCUT2D eigenvalue weighted by atomic mass is 32.2. The topological polar surface area (TPSA) is 68.6 Å². The number of rotatable bonds is 7. The smallest absolute Gasteiger partial charge is 0.153 e. The van der Waals surface area contributed by atoms with E-state index in [0.717, 1.165) is 43.9 Å². The van der Waals surface area contributed by atoms with Crippen molar-refractivity contribution in [3.63, 3.8) is 0 Å². The summed E-state index contributed by atoms with van der Waals surface area (Å²) in [4.78, 5) is 12.4. The number of carbonyl (C=O) groups excluding carboxylic acids is 1. The molecule has 1 N–H and O–H groups in total. The number of hydrogen-bond acceptors (Lipinski definition) is 7. The lowest BCUT2D eigenvalue weighted by molar-refractivity contribution is 0.0773. The van der Waals surface area contributed by atoms with Gasteiger partial charge in [0.05, 0.1) is 25.9 Å². The Kier molecular flexibility index (Phi) is 12.5. The second-order valence-electron chi connectivity index (χ2n) is 8.22. The normalized spacial score (nSPS) is 13.2. The summed E-state index contributed by atoms with van der Waals surface area (Å²) in [6, 6.07) is 14.2. The SMILES string of the molecule is CC.CNc1ccc(C)c(SN2CCOCC2)c1.COc1cccc(-c2nn(C(C)C)cc2C=O)c1. The van der Waals surface area contributed by atoms with Crippen molar-refractivity contribution in [3.8, 4) is 17.0 Å². The maximum atomic E-state index is 11.1. The standard InChI is InChI=1S/C14H16N2O2.C12H18N2OS.C2H6/c1-10(2)16-8-12(9-17)14(15-16)11-5-4-6-13(7-11)18-3;1-10-3-4-11(13-2)9-12(10)16-14-5-7-15-8-6-14;1-2/h4-10H,1-3H3;3-4,9,13H,5-8H2,1-2H3;1-2H3. The number of ether oxygens (including phenoxy) is 2. The molecule has 196 valence electrons. The zero-order valence-electron chi connectivity index (χ0n) is 22.6. The minimum atomic E-state index is 0.225.